The summed E-state index contributed by atoms with van der Waals surface area (Å²) in [5, 5.41) is 9.93. The highest BCUT2D eigenvalue weighted by atomic mass is 16.5. The molecule has 5 nitrogen and oxygen atoms in total. The van der Waals surface area contributed by atoms with Gasteiger partial charge in [0.2, 0.25) is 5.88 Å². The van der Waals surface area contributed by atoms with Gasteiger partial charge in [0.1, 0.15) is 18.1 Å². The summed E-state index contributed by atoms with van der Waals surface area (Å²) in [5.74, 6) is 1.24. The zero-order valence-corrected chi connectivity index (χ0v) is 14.6. The Labute approximate surface area is 152 Å². The van der Waals surface area contributed by atoms with Gasteiger partial charge in [-0.25, -0.2) is 4.98 Å². The molecule has 0 amide bonds. The van der Waals surface area contributed by atoms with Gasteiger partial charge in [-0.3, -0.25) is 4.98 Å². The molecular weight excluding hydrogens is 328 g/mol. The van der Waals surface area contributed by atoms with Crippen LogP contribution in [0.1, 0.15) is 18.1 Å². The summed E-state index contributed by atoms with van der Waals surface area (Å²) in [6.07, 6.45) is 4.99. The highest BCUT2D eigenvalue weighted by molar-refractivity contribution is 5.68. The van der Waals surface area contributed by atoms with Crippen molar-refractivity contribution in [3.8, 4) is 28.6 Å². The normalized spacial score (nSPS) is 10.3. The molecule has 26 heavy (non-hydrogen) atoms. The van der Waals surface area contributed by atoms with Gasteiger partial charge >= 0.3 is 0 Å². The van der Waals surface area contributed by atoms with Crippen LogP contribution in [0.2, 0.25) is 0 Å². The maximum Gasteiger partial charge on any atom is 0.222 e. The predicted molar refractivity (Wildman–Crippen MR) is 101 cm³/mol. The summed E-state index contributed by atoms with van der Waals surface area (Å²) in [6.45, 7) is 6.45. The minimum Gasteiger partial charge on any atom is -0.507 e. The number of benzene rings is 1. The molecule has 2 aromatic heterocycles. The molecular formula is C21H20N2O3. The first kappa shape index (κ1) is 17.5. The van der Waals surface area contributed by atoms with Gasteiger partial charge in [-0.15, -0.1) is 0 Å². The summed E-state index contributed by atoms with van der Waals surface area (Å²) in [4.78, 5) is 8.79. The number of hydrogen-bond acceptors (Lipinski definition) is 5. The predicted octanol–water partition coefficient (Wildman–Crippen LogP) is 4.47. The minimum absolute atomic E-state index is 0.134. The van der Waals surface area contributed by atoms with Crippen molar-refractivity contribution in [2.75, 3.05) is 6.61 Å². The summed E-state index contributed by atoms with van der Waals surface area (Å²) in [5.41, 5.74) is 3.02. The van der Waals surface area contributed by atoms with E-state index >= 15 is 0 Å². The van der Waals surface area contributed by atoms with Gasteiger partial charge in [0.15, 0.2) is 0 Å². The highest BCUT2D eigenvalue weighted by Crippen LogP contribution is 2.32. The summed E-state index contributed by atoms with van der Waals surface area (Å²) < 4.78 is 11.5. The van der Waals surface area contributed by atoms with Crippen LogP contribution < -0.4 is 9.47 Å². The molecule has 0 unspecified atom stereocenters. The third kappa shape index (κ3) is 3.67. The van der Waals surface area contributed by atoms with Crippen molar-refractivity contribution in [3.63, 3.8) is 0 Å². The average molecular weight is 348 g/mol. The van der Waals surface area contributed by atoms with Crippen molar-refractivity contribution in [1.82, 2.24) is 9.97 Å². The van der Waals surface area contributed by atoms with Crippen LogP contribution in [-0.2, 0) is 6.61 Å². The van der Waals surface area contributed by atoms with Gasteiger partial charge in [-0.2, -0.15) is 0 Å². The first-order chi connectivity index (χ1) is 12.7. The third-order valence-electron chi connectivity index (χ3n) is 3.83. The van der Waals surface area contributed by atoms with Gasteiger partial charge in [0, 0.05) is 18.0 Å². The first-order valence-electron chi connectivity index (χ1n) is 8.34. The number of aromatic nitrogens is 2. The molecule has 0 spiro atoms. The number of aromatic hydroxyl groups is 1. The number of nitrogens with zero attached hydrogens (tertiary/aromatic N) is 2. The Morgan fingerprint density at radius 1 is 1.04 bits per heavy atom. The molecule has 132 valence electrons. The lowest BCUT2D eigenvalue weighted by Gasteiger charge is -2.14. The van der Waals surface area contributed by atoms with Gasteiger partial charge < -0.3 is 14.6 Å². The van der Waals surface area contributed by atoms with Crippen molar-refractivity contribution in [2.24, 2.45) is 0 Å². The van der Waals surface area contributed by atoms with E-state index in [1.54, 1.807) is 36.7 Å². The molecule has 3 rings (SSSR count). The van der Waals surface area contributed by atoms with E-state index < -0.39 is 0 Å². The van der Waals surface area contributed by atoms with Crippen molar-refractivity contribution in [1.29, 1.82) is 0 Å². The van der Waals surface area contributed by atoms with E-state index in [1.165, 1.54) is 0 Å². The molecule has 1 N–H and O–H groups in total. The lowest BCUT2D eigenvalue weighted by molar-refractivity contribution is 0.303. The maximum atomic E-state index is 9.93. The van der Waals surface area contributed by atoms with Gasteiger partial charge in [0.25, 0.3) is 0 Å². The van der Waals surface area contributed by atoms with E-state index in [0.717, 1.165) is 16.8 Å². The molecule has 0 aliphatic carbocycles. The number of pyridine rings is 2. The van der Waals surface area contributed by atoms with E-state index in [1.807, 2.05) is 31.2 Å². The Balaban J connectivity index is 1.92. The molecule has 0 fully saturated rings. The minimum atomic E-state index is 0.134. The number of rotatable bonds is 7. The lowest BCUT2D eigenvalue weighted by Crippen LogP contribution is -2.03. The molecule has 0 aliphatic rings. The van der Waals surface area contributed by atoms with Gasteiger partial charge in [-0.05, 0) is 37.3 Å². The van der Waals surface area contributed by atoms with Crippen LogP contribution in [-0.4, -0.2) is 21.7 Å². The van der Waals surface area contributed by atoms with Crippen LogP contribution in [0, 0.1) is 0 Å². The fourth-order valence-electron chi connectivity index (χ4n) is 2.64. The second-order valence-corrected chi connectivity index (χ2v) is 5.48. The Hall–Kier alpha value is -3.34. The molecule has 0 radical (unpaired) electrons. The van der Waals surface area contributed by atoms with Gasteiger partial charge in [-0.1, -0.05) is 24.8 Å². The van der Waals surface area contributed by atoms with Crippen LogP contribution >= 0.6 is 0 Å². The van der Waals surface area contributed by atoms with Crippen LogP contribution in [0.25, 0.3) is 17.3 Å². The van der Waals surface area contributed by atoms with Crippen LogP contribution in [0.5, 0.6) is 17.4 Å². The van der Waals surface area contributed by atoms with Crippen molar-refractivity contribution >= 4 is 6.08 Å². The summed E-state index contributed by atoms with van der Waals surface area (Å²) in [6, 6.07) is 12.7. The second kappa shape index (κ2) is 8.16. The zero-order valence-electron chi connectivity index (χ0n) is 14.6. The molecule has 3 aromatic rings. The van der Waals surface area contributed by atoms with Gasteiger partial charge in [0.05, 0.1) is 23.4 Å². The lowest BCUT2D eigenvalue weighted by atomic mass is 10.1. The van der Waals surface area contributed by atoms with Crippen molar-refractivity contribution < 1.29 is 14.6 Å². The van der Waals surface area contributed by atoms with E-state index in [4.69, 9.17) is 9.47 Å². The second-order valence-electron chi connectivity index (χ2n) is 5.48. The SMILES string of the molecule is C=Cc1c(O)cccc1OCc1cccnc1-c1cccnc1OCC. The average Bonchev–Trinajstić information content (AvgIpc) is 2.67. The summed E-state index contributed by atoms with van der Waals surface area (Å²) in [7, 11) is 0. The fourth-order valence-corrected chi connectivity index (χ4v) is 2.64. The monoisotopic (exact) mass is 348 g/mol. The number of phenolic OH excluding ortho intramolecular Hbond substituents is 1. The van der Waals surface area contributed by atoms with Crippen LogP contribution in [0.15, 0.2) is 61.4 Å². The van der Waals surface area contributed by atoms with Crippen LogP contribution in [0.4, 0.5) is 0 Å². The van der Waals surface area contributed by atoms with E-state index in [0.29, 0.717) is 23.8 Å². The maximum absolute atomic E-state index is 9.93. The Morgan fingerprint density at radius 3 is 2.65 bits per heavy atom. The number of ether oxygens (including phenoxy) is 2. The number of hydrogen-bond donors (Lipinski definition) is 1. The Kier molecular flexibility index (Phi) is 5.49. The van der Waals surface area contributed by atoms with E-state index in [-0.39, 0.29) is 12.4 Å². The Morgan fingerprint density at radius 2 is 1.85 bits per heavy atom. The number of phenols is 1. The van der Waals surface area contributed by atoms with Crippen LogP contribution in [0.3, 0.4) is 0 Å². The molecule has 0 saturated carbocycles. The molecule has 0 aliphatic heterocycles. The smallest absolute Gasteiger partial charge is 0.222 e. The molecule has 0 atom stereocenters. The van der Waals surface area contributed by atoms with E-state index in [9.17, 15) is 5.11 Å². The molecule has 1 aromatic carbocycles. The fraction of sp³-hybridized carbons (Fsp3) is 0.143. The molecule has 0 saturated heterocycles. The topological polar surface area (TPSA) is 64.5 Å². The Bertz CT molecular complexity index is 909. The quantitative estimate of drug-likeness (QED) is 0.682. The third-order valence-corrected chi connectivity index (χ3v) is 3.83. The standard InChI is InChI=1S/C21H20N2O3/c1-3-16-18(24)10-5-11-19(16)26-14-15-8-6-12-22-20(15)17-9-7-13-23-21(17)25-4-2/h3,5-13,24H,1,4,14H2,2H3. The van der Waals surface area contributed by atoms with Crippen molar-refractivity contribution in [2.45, 2.75) is 13.5 Å². The molecule has 0 bridgehead atoms. The molecule has 5 heteroatoms. The largest absolute Gasteiger partial charge is 0.507 e. The first-order valence-corrected chi connectivity index (χ1v) is 8.34. The van der Waals surface area contributed by atoms with E-state index in [2.05, 4.69) is 16.5 Å². The highest BCUT2D eigenvalue weighted by Gasteiger charge is 2.14. The zero-order chi connectivity index (χ0) is 18.4. The van der Waals surface area contributed by atoms with Crippen molar-refractivity contribution in [3.05, 3.63) is 72.6 Å². The summed E-state index contributed by atoms with van der Waals surface area (Å²) >= 11 is 0. The molecule has 2 heterocycles.